The van der Waals surface area contributed by atoms with E-state index in [4.69, 9.17) is 0 Å². The number of aromatic nitrogens is 5. The Bertz CT molecular complexity index is 627. The third-order valence-electron chi connectivity index (χ3n) is 3.31. The highest BCUT2D eigenvalue weighted by Crippen LogP contribution is 2.21. The molecule has 0 radical (unpaired) electrons. The van der Waals surface area contributed by atoms with Crippen LogP contribution in [0.4, 0.5) is 5.69 Å². The molecular formula is C12H16N6O. The van der Waals surface area contributed by atoms with Gasteiger partial charge in [-0.15, -0.1) is 5.10 Å². The fraction of sp³-hybridized carbons (Fsp3) is 0.500. The van der Waals surface area contributed by atoms with Crippen molar-refractivity contribution in [3.05, 3.63) is 34.5 Å². The molecule has 1 N–H and O–H groups in total. The van der Waals surface area contributed by atoms with Crippen molar-refractivity contribution in [1.29, 1.82) is 0 Å². The minimum Gasteiger partial charge on any atom is -0.381 e. The second-order valence-electron chi connectivity index (χ2n) is 4.90. The van der Waals surface area contributed by atoms with Gasteiger partial charge in [0.1, 0.15) is 5.69 Å². The average molecular weight is 260 g/mol. The molecule has 100 valence electrons. The topological polar surface area (TPSA) is 77.6 Å². The van der Waals surface area contributed by atoms with Crippen molar-refractivity contribution in [2.75, 3.05) is 5.32 Å². The van der Waals surface area contributed by atoms with E-state index in [0.29, 0.717) is 12.6 Å². The summed E-state index contributed by atoms with van der Waals surface area (Å²) in [6.07, 6.45) is 7.06. The minimum atomic E-state index is -0.130. The molecule has 2 heterocycles. The molecule has 1 fully saturated rings. The summed E-state index contributed by atoms with van der Waals surface area (Å²) in [4.78, 5) is 11.9. The number of anilines is 1. The molecule has 0 bridgehead atoms. The van der Waals surface area contributed by atoms with Crippen LogP contribution in [-0.4, -0.2) is 30.8 Å². The van der Waals surface area contributed by atoms with Crippen LogP contribution >= 0.6 is 0 Å². The van der Waals surface area contributed by atoms with Gasteiger partial charge >= 0.3 is 0 Å². The lowest BCUT2D eigenvalue weighted by Gasteiger charge is -2.27. The Kier molecular flexibility index (Phi) is 3.02. The highest BCUT2D eigenvalue weighted by atomic mass is 16.1. The molecule has 2 aromatic rings. The van der Waals surface area contributed by atoms with Gasteiger partial charge in [-0.2, -0.15) is 5.10 Å². The lowest BCUT2D eigenvalue weighted by Crippen LogP contribution is -2.29. The molecule has 0 amide bonds. The summed E-state index contributed by atoms with van der Waals surface area (Å²) in [6, 6.07) is 2.08. The van der Waals surface area contributed by atoms with Crippen LogP contribution in [0, 0.1) is 0 Å². The lowest BCUT2D eigenvalue weighted by molar-refractivity contribution is 0.445. The third-order valence-corrected chi connectivity index (χ3v) is 3.31. The zero-order valence-corrected chi connectivity index (χ0v) is 10.8. The van der Waals surface area contributed by atoms with E-state index in [2.05, 4.69) is 20.7 Å². The van der Waals surface area contributed by atoms with Gasteiger partial charge in [0.15, 0.2) is 0 Å². The Morgan fingerprint density at radius 2 is 2.32 bits per heavy atom. The molecule has 19 heavy (non-hydrogen) atoms. The molecular weight excluding hydrogens is 244 g/mol. The molecule has 3 rings (SSSR count). The van der Waals surface area contributed by atoms with Crippen molar-refractivity contribution in [2.24, 2.45) is 7.05 Å². The third kappa shape index (κ3) is 2.64. The van der Waals surface area contributed by atoms with E-state index < -0.39 is 0 Å². The largest absolute Gasteiger partial charge is 0.381 e. The number of nitrogens with zero attached hydrogens (tertiary/aromatic N) is 5. The van der Waals surface area contributed by atoms with Gasteiger partial charge in [0.25, 0.3) is 5.56 Å². The van der Waals surface area contributed by atoms with E-state index >= 15 is 0 Å². The SMILES string of the molecule is Cn1cc(Cn2ncc(NC3CCC3)cc2=O)nn1. The average Bonchev–Trinajstić information content (AvgIpc) is 2.73. The van der Waals surface area contributed by atoms with Crippen molar-refractivity contribution in [2.45, 2.75) is 31.8 Å². The summed E-state index contributed by atoms with van der Waals surface area (Å²) < 4.78 is 2.99. The van der Waals surface area contributed by atoms with E-state index in [0.717, 1.165) is 11.4 Å². The highest BCUT2D eigenvalue weighted by molar-refractivity contribution is 5.40. The van der Waals surface area contributed by atoms with E-state index in [9.17, 15) is 4.79 Å². The normalized spacial score (nSPS) is 15.2. The zero-order chi connectivity index (χ0) is 13.2. The number of aryl methyl sites for hydroxylation is 1. The summed E-state index contributed by atoms with van der Waals surface area (Å²) in [5, 5.41) is 15.2. The monoisotopic (exact) mass is 260 g/mol. The first-order valence-electron chi connectivity index (χ1n) is 6.39. The summed E-state index contributed by atoms with van der Waals surface area (Å²) >= 11 is 0. The van der Waals surface area contributed by atoms with Gasteiger partial charge in [0.05, 0.1) is 24.6 Å². The summed E-state index contributed by atoms with van der Waals surface area (Å²) in [7, 11) is 1.79. The van der Waals surface area contributed by atoms with Crippen LogP contribution in [0.25, 0.3) is 0 Å². The Balaban J connectivity index is 1.73. The Morgan fingerprint density at radius 3 is 2.89 bits per heavy atom. The van der Waals surface area contributed by atoms with E-state index in [-0.39, 0.29) is 5.56 Å². The molecule has 0 atom stereocenters. The number of nitrogens with one attached hydrogen (secondary N) is 1. The van der Waals surface area contributed by atoms with Crippen molar-refractivity contribution in [3.63, 3.8) is 0 Å². The molecule has 1 aliphatic rings. The predicted octanol–water partition coefficient (Wildman–Crippen LogP) is 0.384. The second kappa shape index (κ2) is 4.83. The first kappa shape index (κ1) is 11.9. The van der Waals surface area contributed by atoms with Crippen LogP contribution in [0.15, 0.2) is 23.3 Å². The molecule has 7 heteroatoms. The van der Waals surface area contributed by atoms with Crippen LogP contribution in [0.5, 0.6) is 0 Å². The van der Waals surface area contributed by atoms with Crippen molar-refractivity contribution < 1.29 is 0 Å². The molecule has 1 saturated carbocycles. The van der Waals surface area contributed by atoms with Gasteiger partial charge in [-0.25, -0.2) is 4.68 Å². The van der Waals surface area contributed by atoms with Crippen LogP contribution in [0.3, 0.4) is 0 Å². The van der Waals surface area contributed by atoms with E-state index in [1.165, 1.54) is 23.9 Å². The van der Waals surface area contributed by atoms with E-state index in [1.807, 2.05) is 0 Å². The van der Waals surface area contributed by atoms with Gasteiger partial charge < -0.3 is 5.32 Å². The molecule has 2 aromatic heterocycles. The summed E-state index contributed by atoms with van der Waals surface area (Å²) in [5.41, 5.74) is 1.39. The molecule has 7 nitrogen and oxygen atoms in total. The molecule has 0 aromatic carbocycles. The Labute approximate surface area is 110 Å². The molecule has 0 saturated heterocycles. The molecule has 0 spiro atoms. The first-order valence-corrected chi connectivity index (χ1v) is 6.39. The Morgan fingerprint density at radius 1 is 1.47 bits per heavy atom. The van der Waals surface area contributed by atoms with Crippen LogP contribution < -0.4 is 10.9 Å². The van der Waals surface area contributed by atoms with Crippen LogP contribution in [-0.2, 0) is 13.6 Å². The minimum absolute atomic E-state index is 0.130. The number of rotatable bonds is 4. The van der Waals surface area contributed by atoms with Crippen LogP contribution in [0.1, 0.15) is 25.0 Å². The number of hydrogen-bond donors (Lipinski definition) is 1. The van der Waals surface area contributed by atoms with Crippen LogP contribution in [0.2, 0.25) is 0 Å². The smallest absolute Gasteiger partial charge is 0.269 e. The molecule has 0 unspecified atom stereocenters. The maximum atomic E-state index is 11.9. The summed E-state index contributed by atoms with van der Waals surface area (Å²) in [6.45, 7) is 0.344. The van der Waals surface area contributed by atoms with Gasteiger partial charge in [-0.1, -0.05) is 5.21 Å². The Hall–Kier alpha value is -2.18. The van der Waals surface area contributed by atoms with Gasteiger partial charge in [-0.3, -0.25) is 9.48 Å². The fourth-order valence-corrected chi connectivity index (χ4v) is 2.04. The fourth-order valence-electron chi connectivity index (χ4n) is 2.04. The maximum absolute atomic E-state index is 11.9. The standard InChI is InChI=1S/C12H16N6O/c1-17-7-11(15-16-17)8-18-12(19)5-10(6-13-18)14-9-3-2-4-9/h5-7,9,14H,2-4,8H2,1H3. The van der Waals surface area contributed by atoms with E-state index in [1.54, 1.807) is 30.2 Å². The zero-order valence-electron chi connectivity index (χ0n) is 10.8. The second-order valence-corrected chi connectivity index (χ2v) is 4.90. The maximum Gasteiger partial charge on any atom is 0.269 e. The highest BCUT2D eigenvalue weighted by Gasteiger charge is 2.17. The number of hydrogen-bond acceptors (Lipinski definition) is 5. The van der Waals surface area contributed by atoms with Gasteiger partial charge in [0, 0.05) is 19.2 Å². The summed E-state index contributed by atoms with van der Waals surface area (Å²) in [5.74, 6) is 0. The first-order chi connectivity index (χ1) is 9.20. The molecule has 0 aliphatic heterocycles. The van der Waals surface area contributed by atoms with Crippen molar-refractivity contribution in [3.8, 4) is 0 Å². The lowest BCUT2D eigenvalue weighted by atomic mass is 9.93. The van der Waals surface area contributed by atoms with Crippen molar-refractivity contribution in [1.82, 2.24) is 24.8 Å². The predicted molar refractivity (Wildman–Crippen MR) is 69.9 cm³/mol. The van der Waals surface area contributed by atoms with Gasteiger partial charge in [-0.05, 0) is 19.3 Å². The molecule has 1 aliphatic carbocycles. The van der Waals surface area contributed by atoms with Gasteiger partial charge in [0.2, 0.25) is 0 Å². The van der Waals surface area contributed by atoms with Crippen molar-refractivity contribution >= 4 is 5.69 Å². The quantitative estimate of drug-likeness (QED) is 0.860.